The van der Waals surface area contributed by atoms with Crippen LogP contribution < -0.4 is 5.32 Å². The minimum atomic E-state index is -0.555. The lowest BCUT2D eigenvalue weighted by atomic mass is 10.1. The second kappa shape index (κ2) is 8.68. The number of carbonyl (C=O) groups is 3. The molecule has 7 heteroatoms. The summed E-state index contributed by atoms with van der Waals surface area (Å²) in [6.07, 6.45) is 0.0988. The van der Waals surface area contributed by atoms with E-state index < -0.39 is 24.4 Å². The molecule has 0 saturated carbocycles. The molecule has 2 amide bonds. The fourth-order valence-electron chi connectivity index (χ4n) is 2.90. The Kier molecular flexibility index (Phi) is 6.08. The Morgan fingerprint density at radius 2 is 1.93 bits per heavy atom. The molecule has 6 nitrogen and oxygen atoms in total. The first-order valence-electron chi connectivity index (χ1n) is 8.55. The first-order valence-corrected chi connectivity index (χ1v) is 8.93. The summed E-state index contributed by atoms with van der Waals surface area (Å²) in [5.41, 5.74) is 1.52. The van der Waals surface area contributed by atoms with Gasteiger partial charge < -0.3 is 15.0 Å². The fraction of sp³-hybridized carbons (Fsp3) is 0.250. The highest BCUT2D eigenvalue weighted by Gasteiger charge is 2.35. The van der Waals surface area contributed by atoms with Crippen LogP contribution in [0.5, 0.6) is 0 Å². The highest BCUT2D eigenvalue weighted by molar-refractivity contribution is 6.30. The molecule has 1 fully saturated rings. The van der Waals surface area contributed by atoms with Crippen molar-refractivity contribution in [3.8, 4) is 0 Å². The van der Waals surface area contributed by atoms with Crippen molar-refractivity contribution < 1.29 is 19.1 Å². The number of esters is 1. The van der Waals surface area contributed by atoms with E-state index in [2.05, 4.69) is 5.32 Å². The molecule has 3 rings (SSSR count). The van der Waals surface area contributed by atoms with Crippen molar-refractivity contribution >= 4 is 35.1 Å². The maximum absolute atomic E-state index is 12.2. The van der Waals surface area contributed by atoms with Crippen LogP contribution in [0.25, 0.3) is 0 Å². The van der Waals surface area contributed by atoms with E-state index in [1.807, 2.05) is 30.3 Å². The van der Waals surface area contributed by atoms with E-state index in [1.54, 1.807) is 29.2 Å². The summed E-state index contributed by atoms with van der Waals surface area (Å²) in [5, 5.41) is 3.09. The third-order valence-corrected chi connectivity index (χ3v) is 4.45. The van der Waals surface area contributed by atoms with Gasteiger partial charge in [-0.05, 0) is 23.8 Å². The molecule has 1 aliphatic heterocycles. The standard InChI is InChI=1S/C20H19ClN2O4/c21-16-7-4-8-17(10-16)22-18(24)13-27-20(26)15-9-19(25)23(12-15)11-14-5-2-1-3-6-14/h1-8,10,15H,9,11-13H2,(H,22,24). The zero-order valence-corrected chi connectivity index (χ0v) is 15.3. The molecule has 140 valence electrons. The molecule has 0 radical (unpaired) electrons. The van der Waals surface area contributed by atoms with Crippen LogP contribution in [0.15, 0.2) is 54.6 Å². The molecule has 1 heterocycles. The van der Waals surface area contributed by atoms with E-state index in [1.165, 1.54) is 0 Å². The minimum absolute atomic E-state index is 0.0933. The molecule has 2 aromatic carbocycles. The Morgan fingerprint density at radius 3 is 2.67 bits per heavy atom. The Hall–Kier alpha value is -2.86. The van der Waals surface area contributed by atoms with Gasteiger partial charge in [-0.3, -0.25) is 14.4 Å². The van der Waals surface area contributed by atoms with Gasteiger partial charge in [0.2, 0.25) is 5.91 Å². The van der Waals surface area contributed by atoms with Crippen molar-refractivity contribution in [1.82, 2.24) is 4.90 Å². The van der Waals surface area contributed by atoms with Crippen LogP contribution in [0.2, 0.25) is 5.02 Å². The summed E-state index contributed by atoms with van der Waals surface area (Å²) >= 11 is 5.85. The highest BCUT2D eigenvalue weighted by atomic mass is 35.5. The minimum Gasteiger partial charge on any atom is -0.455 e. The van der Waals surface area contributed by atoms with Gasteiger partial charge in [0.15, 0.2) is 6.61 Å². The molecule has 1 saturated heterocycles. The van der Waals surface area contributed by atoms with Gasteiger partial charge in [-0.25, -0.2) is 0 Å². The number of anilines is 1. The number of amides is 2. The SMILES string of the molecule is O=C(COC(=O)C1CC(=O)N(Cc2ccccc2)C1)Nc1cccc(Cl)c1. The van der Waals surface area contributed by atoms with Crippen molar-refractivity contribution in [2.45, 2.75) is 13.0 Å². The molecule has 27 heavy (non-hydrogen) atoms. The van der Waals surface area contributed by atoms with Gasteiger partial charge in [-0.15, -0.1) is 0 Å². The summed E-state index contributed by atoms with van der Waals surface area (Å²) in [7, 11) is 0. The van der Waals surface area contributed by atoms with Gasteiger partial charge in [0.25, 0.3) is 5.91 Å². The first-order chi connectivity index (χ1) is 13.0. The molecule has 2 aromatic rings. The van der Waals surface area contributed by atoms with Crippen LogP contribution in [0.3, 0.4) is 0 Å². The van der Waals surface area contributed by atoms with Crippen LogP contribution in [0, 0.1) is 5.92 Å². The van der Waals surface area contributed by atoms with E-state index in [4.69, 9.17) is 16.3 Å². The molecule has 0 aliphatic carbocycles. The van der Waals surface area contributed by atoms with Crippen molar-refractivity contribution in [2.75, 3.05) is 18.5 Å². The summed E-state index contributed by atoms with van der Waals surface area (Å²) in [6, 6.07) is 16.2. The third-order valence-electron chi connectivity index (χ3n) is 4.22. The quantitative estimate of drug-likeness (QED) is 0.774. The molecule has 1 aliphatic rings. The predicted octanol–water partition coefficient (Wildman–Crippen LogP) is 2.87. The van der Waals surface area contributed by atoms with E-state index >= 15 is 0 Å². The maximum atomic E-state index is 12.2. The monoisotopic (exact) mass is 386 g/mol. The fourth-order valence-corrected chi connectivity index (χ4v) is 3.09. The van der Waals surface area contributed by atoms with Crippen LogP contribution in [0.4, 0.5) is 5.69 Å². The maximum Gasteiger partial charge on any atom is 0.311 e. The molecular weight excluding hydrogens is 368 g/mol. The number of nitrogens with one attached hydrogen (secondary N) is 1. The van der Waals surface area contributed by atoms with Gasteiger partial charge in [-0.2, -0.15) is 0 Å². The van der Waals surface area contributed by atoms with E-state index in [9.17, 15) is 14.4 Å². The normalized spacial score (nSPS) is 16.3. The largest absolute Gasteiger partial charge is 0.455 e. The van der Waals surface area contributed by atoms with Gasteiger partial charge in [0.1, 0.15) is 0 Å². The average molecular weight is 387 g/mol. The Morgan fingerprint density at radius 1 is 1.15 bits per heavy atom. The molecule has 0 spiro atoms. The van der Waals surface area contributed by atoms with Crippen LogP contribution >= 0.6 is 11.6 Å². The lowest BCUT2D eigenvalue weighted by Crippen LogP contribution is -2.28. The zero-order valence-electron chi connectivity index (χ0n) is 14.6. The number of likely N-dealkylation sites (tertiary alicyclic amines) is 1. The van der Waals surface area contributed by atoms with Gasteiger partial charge in [0.05, 0.1) is 5.92 Å². The van der Waals surface area contributed by atoms with E-state index in [-0.39, 0.29) is 12.3 Å². The number of hydrogen-bond donors (Lipinski definition) is 1. The number of benzene rings is 2. The first kappa shape index (κ1) is 18.9. The smallest absolute Gasteiger partial charge is 0.311 e. The lowest BCUT2D eigenvalue weighted by molar-refractivity contribution is -0.151. The molecule has 1 N–H and O–H groups in total. The van der Waals surface area contributed by atoms with Crippen molar-refractivity contribution in [1.29, 1.82) is 0 Å². The van der Waals surface area contributed by atoms with Crippen molar-refractivity contribution in [3.05, 3.63) is 65.2 Å². The van der Waals surface area contributed by atoms with Gasteiger partial charge >= 0.3 is 5.97 Å². The van der Waals surface area contributed by atoms with Crippen molar-refractivity contribution in [3.63, 3.8) is 0 Å². The highest BCUT2D eigenvalue weighted by Crippen LogP contribution is 2.21. The molecular formula is C20H19ClN2O4. The third kappa shape index (κ3) is 5.31. The predicted molar refractivity (Wildman–Crippen MR) is 101 cm³/mol. The number of carbonyl (C=O) groups excluding carboxylic acids is 3. The molecule has 0 bridgehead atoms. The second-order valence-electron chi connectivity index (χ2n) is 6.33. The Bertz CT molecular complexity index is 841. The molecule has 1 unspecified atom stereocenters. The zero-order chi connectivity index (χ0) is 19.2. The topological polar surface area (TPSA) is 75.7 Å². The number of ether oxygens (including phenoxy) is 1. The lowest BCUT2D eigenvalue weighted by Gasteiger charge is -2.16. The van der Waals surface area contributed by atoms with E-state index in [0.29, 0.717) is 23.8 Å². The summed E-state index contributed by atoms with van der Waals surface area (Å²) in [5.74, 6) is -1.65. The molecule has 1 atom stereocenters. The summed E-state index contributed by atoms with van der Waals surface area (Å²) in [6.45, 7) is 0.343. The van der Waals surface area contributed by atoms with Gasteiger partial charge in [-0.1, -0.05) is 48.0 Å². The summed E-state index contributed by atoms with van der Waals surface area (Å²) in [4.78, 5) is 37.9. The second-order valence-corrected chi connectivity index (χ2v) is 6.76. The van der Waals surface area contributed by atoms with E-state index in [0.717, 1.165) is 5.56 Å². The number of hydrogen-bond acceptors (Lipinski definition) is 4. The average Bonchev–Trinajstić information content (AvgIpc) is 3.01. The van der Waals surface area contributed by atoms with Gasteiger partial charge in [0, 0.05) is 30.2 Å². The van der Waals surface area contributed by atoms with Crippen molar-refractivity contribution in [2.24, 2.45) is 5.92 Å². The van der Waals surface area contributed by atoms with Crippen LogP contribution in [-0.4, -0.2) is 35.8 Å². The Balaban J connectivity index is 1.47. The van der Waals surface area contributed by atoms with Crippen LogP contribution in [0.1, 0.15) is 12.0 Å². The number of rotatable bonds is 6. The molecule has 0 aromatic heterocycles. The number of nitrogens with zero attached hydrogens (tertiary/aromatic N) is 1. The summed E-state index contributed by atoms with van der Waals surface area (Å²) < 4.78 is 5.07. The van der Waals surface area contributed by atoms with Crippen LogP contribution in [-0.2, 0) is 25.7 Å². The Labute approximate surface area is 162 Å². The number of halogens is 1.